The third-order valence-electron chi connectivity index (χ3n) is 2.72. The number of ether oxygens (including phenoxy) is 3. The zero-order valence-electron chi connectivity index (χ0n) is 11.8. The Hall–Kier alpha value is -0.830. The Morgan fingerprint density at radius 2 is 1.86 bits per heavy atom. The van der Waals surface area contributed by atoms with E-state index in [2.05, 4.69) is 26.0 Å². The molecule has 0 saturated carbocycles. The standard InChI is InChI=1S/C13H17BrF3NO3/c1-8(12(19-2)20-3)18-7-9-4-5-11(10(14)6-9)21-13(15,16)17/h4-6,8,12,18H,7H2,1-3H3. The first-order chi connectivity index (χ1) is 9.76. The van der Waals surface area contributed by atoms with Crippen LogP contribution in [-0.2, 0) is 16.0 Å². The average molecular weight is 372 g/mol. The minimum absolute atomic E-state index is 0.0788. The van der Waals surface area contributed by atoms with Crippen molar-refractivity contribution in [3.63, 3.8) is 0 Å². The lowest BCUT2D eigenvalue weighted by Gasteiger charge is -2.22. The Bertz CT molecular complexity index is 453. The summed E-state index contributed by atoms with van der Waals surface area (Å²) in [6.07, 6.45) is -5.11. The third kappa shape index (κ3) is 6.21. The highest BCUT2D eigenvalue weighted by Gasteiger charge is 2.31. The van der Waals surface area contributed by atoms with Crippen molar-refractivity contribution in [3.8, 4) is 5.75 Å². The highest BCUT2D eigenvalue weighted by Crippen LogP contribution is 2.31. The first-order valence-corrected chi connectivity index (χ1v) is 6.89. The molecule has 0 heterocycles. The lowest BCUT2D eigenvalue weighted by molar-refractivity contribution is -0.274. The largest absolute Gasteiger partial charge is 0.573 e. The lowest BCUT2D eigenvalue weighted by atomic mass is 10.2. The molecule has 120 valence electrons. The van der Waals surface area contributed by atoms with Crippen molar-refractivity contribution in [1.82, 2.24) is 5.32 Å². The Morgan fingerprint density at radius 3 is 2.33 bits per heavy atom. The van der Waals surface area contributed by atoms with E-state index in [9.17, 15) is 13.2 Å². The van der Waals surface area contributed by atoms with Gasteiger partial charge in [-0.3, -0.25) is 0 Å². The molecule has 1 aromatic carbocycles. The first kappa shape index (κ1) is 18.2. The van der Waals surface area contributed by atoms with Gasteiger partial charge in [0.2, 0.25) is 0 Å². The molecule has 0 amide bonds. The van der Waals surface area contributed by atoms with Gasteiger partial charge in [-0.25, -0.2) is 0 Å². The van der Waals surface area contributed by atoms with E-state index in [4.69, 9.17) is 9.47 Å². The molecule has 1 atom stereocenters. The van der Waals surface area contributed by atoms with Crippen LogP contribution in [0.4, 0.5) is 13.2 Å². The second-order valence-electron chi connectivity index (χ2n) is 4.32. The smallest absolute Gasteiger partial charge is 0.405 e. The second-order valence-corrected chi connectivity index (χ2v) is 5.18. The minimum Gasteiger partial charge on any atom is -0.405 e. The van der Waals surface area contributed by atoms with Gasteiger partial charge in [0, 0.05) is 20.8 Å². The zero-order valence-corrected chi connectivity index (χ0v) is 13.4. The molecule has 1 aromatic rings. The summed E-state index contributed by atoms with van der Waals surface area (Å²) in [4.78, 5) is 0. The maximum Gasteiger partial charge on any atom is 0.573 e. The molecule has 1 rings (SSSR count). The minimum atomic E-state index is -4.71. The van der Waals surface area contributed by atoms with Crippen LogP contribution in [0.25, 0.3) is 0 Å². The van der Waals surface area contributed by atoms with Gasteiger partial charge in [-0.2, -0.15) is 0 Å². The molecule has 0 saturated heterocycles. The number of rotatable bonds is 7. The van der Waals surface area contributed by atoms with Crippen LogP contribution in [-0.4, -0.2) is 32.9 Å². The summed E-state index contributed by atoms with van der Waals surface area (Å²) in [5.41, 5.74) is 0.800. The highest BCUT2D eigenvalue weighted by atomic mass is 79.9. The van der Waals surface area contributed by atoms with Gasteiger partial charge in [-0.15, -0.1) is 13.2 Å². The molecule has 0 fully saturated rings. The Kier molecular flexibility index (Phi) is 6.92. The fourth-order valence-electron chi connectivity index (χ4n) is 1.74. The average Bonchev–Trinajstić information content (AvgIpc) is 2.39. The van der Waals surface area contributed by atoms with Gasteiger partial charge in [0.15, 0.2) is 6.29 Å². The molecule has 0 bridgehead atoms. The fraction of sp³-hybridized carbons (Fsp3) is 0.538. The monoisotopic (exact) mass is 371 g/mol. The van der Waals surface area contributed by atoms with Crippen molar-refractivity contribution in [3.05, 3.63) is 28.2 Å². The molecule has 0 aromatic heterocycles. The van der Waals surface area contributed by atoms with E-state index in [0.29, 0.717) is 6.54 Å². The Morgan fingerprint density at radius 1 is 1.24 bits per heavy atom. The van der Waals surface area contributed by atoms with Gasteiger partial charge in [0.05, 0.1) is 10.5 Å². The predicted molar refractivity (Wildman–Crippen MR) is 74.9 cm³/mol. The van der Waals surface area contributed by atoms with E-state index in [0.717, 1.165) is 5.56 Å². The molecule has 8 heteroatoms. The second kappa shape index (κ2) is 7.98. The summed E-state index contributed by atoms with van der Waals surface area (Å²) in [6.45, 7) is 2.34. The molecule has 1 unspecified atom stereocenters. The number of hydrogen-bond donors (Lipinski definition) is 1. The van der Waals surface area contributed by atoms with E-state index >= 15 is 0 Å². The normalized spacial score (nSPS) is 13.5. The maximum atomic E-state index is 12.2. The van der Waals surface area contributed by atoms with Gasteiger partial charge < -0.3 is 19.5 Å². The lowest BCUT2D eigenvalue weighted by Crippen LogP contribution is -2.39. The SMILES string of the molecule is COC(OC)C(C)NCc1ccc(OC(F)(F)F)c(Br)c1. The van der Waals surface area contributed by atoms with Crippen LogP contribution in [0.5, 0.6) is 5.75 Å². The van der Waals surface area contributed by atoms with E-state index in [1.807, 2.05) is 6.92 Å². The van der Waals surface area contributed by atoms with Crippen molar-refractivity contribution in [2.45, 2.75) is 32.2 Å². The van der Waals surface area contributed by atoms with Gasteiger partial charge in [0.1, 0.15) is 5.75 Å². The van der Waals surface area contributed by atoms with E-state index in [-0.39, 0.29) is 16.3 Å². The molecule has 0 radical (unpaired) electrons. The molecule has 0 aliphatic heterocycles. The van der Waals surface area contributed by atoms with Crippen molar-refractivity contribution in [2.24, 2.45) is 0 Å². The summed E-state index contributed by atoms with van der Waals surface area (Å²) in [5.74, 6) is -0.272. The highest BCUT2D eigenvalue weighted by molar-refractivity contribution is 9.10. The molecule has 0 spiro atoms. The quantitative estimate of drug-likeness (QED) is 0.745. The van der Waals surface area contributed by atoms with Crippen LogP contribution in [0.2, 0.25) is 0 Å². The number of alkyl halides is 3. The van der Waals surface area contributed by atoms with E-state index < -0.39 is 12.7 Å². The summed E-state index contributed by atoms with van der Waals surface area (Å²) in [5, 5.41) is 3.16. The number of hydrogen-bond acceptors (Lipinski definition) is 4. The third-order valence-corrected chi connectivity index (χ3v) is 3.34. The van der Waals surface area contributed by atoms with Crippen LogP contribution in [0.15, 0.2) is 22.7 Å². The first-order valence-electron chi connectivity index (χ1n) is 6.10. The van der Waals surface area contributed by atoms with Crippen molar-refractivity contribution < 1.29 is 27.4 Å². The number of benzene rings is 1. The van der Waals surface area contributed by atoms with Gasteiger partial charge in [0.25, 0.3) is 0 Å². The Labute approximate surface area is 129 Å². The molecule has 0 aliphatic carbocycles. The molecular weight excluding hydrogens is 355 g/mol. The fourth-order valence-corrected chi connectivity index (χ4v) is 2.25. The Balaban J connectivity index is 2.64. The molecule has 0 aliphatic rings. The van der Waals surface area contributed by atoms with Crippen LogP contribution in [0, 0.1) is 0 Å². The molecule has 21 heavy (non-hydrogen) atoms. The summed E-state index contributed by atoms with van der Waals surface area (Å²) in [6, 6.07) is 4.31. The van der Waals surface area contributed by atoms with Crippen LogP contribution < -0.4 is 10.1 Å². The van der Waals surface area contributed by atoms with Gasteiger partial charge >= 0.3 is 6.36 Å². The van der Waals surface area contributed by atoms with Crippen molar-refractivity contribution >= 4 is 15.9 Å². The van der Waals surface area contributed by atoms with Crippen LogP contribution >= 0.6 is 15.9 Å². The number of nitrogens with one attached hydrogen (secondary N) is 1. The predicted octanol–water partition coefficient (Wildman–Crippen LogP) is 3.44. The van der Waals surface area contributed by atoms with Crippen molar-refractivity contribution in [1.29, 1.82) is 0 Å². The van der Waals surface area contributed by atoms with E-state index in [1.165, 1.54) is 20.3 Å². The zero-order chi connectivity index (χ0) is 16.0. The van der Waals surface area contributed by atoms with Gasteiger partial charge in [-0.1, -0.05) is 6.07 Å². The van der Waals surface area contributed by atoms with Crippen molar-refractivity contribution in [2.75, 3.05) is 14.2 Å². The summed E-state index contributed by atoms with van der Waals surface area (Å²) < 4.78 is 50.8. The summed E-state index contributed by atoms with van der Waals surface area (Å²) >= 11 is 3.06. The molecular formula is C13H17BrF3NO3. The number of halogens is 4. The van der Waals surface area contributed by atoms with E-state index in [1.54, 1.807) is 12.1 Å². The topological polar surface area (TPSA) is 39.7 Å². The number of methoxy groups -OCH3 is 2. The van der Waals surface area contributed by atoms with Gasteiger partial charge in [-0.05, 0) is 40.5 Å². The summed E-state index contributed by atoms with van der Waals surface area (Å²) in [7, 11) is 3.07. The van der Waals surface area contributed by atoms with Crippen LogP contribution in [0.3, 0.4) is 0 Å². The van der Waals surface area contributed by atoms with Crippen LogP contribution in [0.1, 0.15) is 12.5 Å². The maximum absolute atomic E-state index is 12.2. The molecule has 4 nitrogen and oxygen atoms in total. The molecule has 1 N–H and O–H groups in total.